The van der Waals surface area contributed by atoms with Gasteiger partial charge in [-0.05, 0) is 54.8 Å². The van der Waals surface area contributed by atoms with Crippen LogP contribution < -0.4 is 16.8 Å². The fraction of sp³-hybridized carbons (Fsp3) is 0.316. The highest BCUT2D eigenvalue weighted by Gasteiger charge is 2.07. The summed E-state index contributed by atoms with van der Waals surface area (Å²) in [5.74, 6) is 0.0107. The minimum Gasteiger partial charge on any atom is -0.506 e. The molecule has 6 nitrogen and oxygen atoms in total. The van der Waals surface area contributed by atoms with Gasteiger partial charge in [-0.3, -0.25) is 0 Å². The molecule has 0 spiro atoms. The Bertz CT molecular complexity index is 724. The minimum absolute atomic E-state index is 0. The third kappa shape index (κ3) is 6.93. The number of aromatic hydroxyl groups is 1. The number of phenolic OH excluding ortho intramolecular Hbond substituents is 1. The third-order valence-corrected chi connectivity index (χ3v) is 4.15. The second-order valence-electron chi connectivity index (χ2n) is 6.02. The summed E-state index contributed by atoms with van der Waals surface area (Å²) in [6.45, 7) is 4.92. The first-order valence-electron chi connectivity index (χ1n) is 8.43. The van der Waals surface area contributed by atoms with Crippen molar-refractivity contribution in [2.45, 2.75) is 19.8 Å². The van der Waals surface area contributed by atoms with Crippen LogP contribution in [0.1, 0.15) is 18.1 Å². The SMILES string of the molecule is Br.CCN(CCc1cccc(N)c1)CCc1ccc(O)c(NC(N)=O)c1. The number of halogens is 1. The van der Waals surface area contributed by atoms with E-state index >= 15 is 0 Å². The van der Waals surface area contributed by atoms with E-state index in [9.17, 15) is 9.90 Å². The number of hydrogen-bond donors (Lipinski definition) is 4. The molecule has 0 aliphatic heterocycles. The molecule has 0 bridgehead atoms. The van der Waals surface area contributed by atoms with Gasteiger partial charge in [0.25, 0.3) is 0 Å². The molecule has 0 fully saturated rings. The Balaban J connectivity index is 0.00000338. The van der Waals surface area contributed by atoms with Crippen LogP contribution >= 0.6 is 17.0 Å². The highest BCUT2D eigenvalue weighted by molar-refractivity contribution is 8.93. The molecule has 0 aromatic heterocycles. The van der Waals surface area contributed by atoms with E-state index in [1.807, 2.05) is 24.3 Å². The van der Waals surface area contributed by atoms with E-state index in [1.165, 1.54) is 5.56 Å². The lowest BCUT2D eigenvalue weighted by molar-refractivity contribution is 0.259. The van der Waals surface area contributed by atoms with Gasteiger partial charge in [-0.1, -0.05) is 25.1 Å². The molecule has 0 saturated heterocycles. The molecule has 0 aliphatic rings. The van der Waals surface area contributed by atoms with Gasteiger partial charge in [0.05, 0.1) is 5.69 Å². The maximum atomic E-state index is 11.0. The number of amides is 2. The zero-order chi connectivity index (χ0) is 18.2. The molecule has 6 N–H and O–H groups in total. The fourth-order valence-electron chi connectivity index (χ4n) is 2.72. The van der Waals surface area contributed by atoms with Gasteiger partial charge in [-0.25, -0.2) is 4.79 Å². The number of carbonyl (C=O) groups is 1. The van der Waals surface area contributed by atoms with Gasteiger partial charge < -0.3 is 26.8 Å². The standard InChI is InChI=1S/C19H26N4O2.BrH/c1-2-23(10-8-14-4-3-5-16(20)12-14)11-9-15-6-7-18(24)17(13-15)22-19(21)25;/h3-7,12-13,24H,2,8-11,20H2,1H3,(H3,21,22,25);1H. The van der Waals surface area contributed by atoms with E-state index in [0.29, 0.717) is 5.69 Å². The Morgan fingerprint density at radius 3 is 2.35 bits per heavy atom. The number of nitrogens with two attached hydrogens (primary N) is 2. The van der Waals surface area contributed by atoms with Crippen LogP contribution in [0.2, 0.25) is 0 Å². The number of likely N-dealkylation sites (N-methyl/N-ethyl adjacent to an activating group) is 1. The number of benzene rings is 2. The summed E-state index contributed by atoms with van der Waals surface area (Å²) in [6.07, 6.45) is 1.77. The predicted molar refractivity (Wildman–Crippen MR) is 112 cm³/mol. The lowest BCUT2D eigenvalue weighted by Gasteiger charge is -2.20. The number of urea groups is 1. The summed E-state index contributed by atoms with van der Waals surface area (Å²) in [6, 6.07) is 12.5. The highest BCUT2D eigenvalue weighted by atomic mass is 79.9. The van der Waals surface area contributed by atoms with Crippen LogP contribution in [0.4, 0.5) is 16.2 Å². The van der Waals surface area contributed by atoms with Crippen molar-refractivity contribution in [3.8, 4) is 5.75 Å². The Labute approximate surface area is 165 Å². The fourth-order valence-corrected chi connectivity index (χ4v) is 2.72. The molecule has 0 saturated carbocycles. The van der Waals surface area contributed by atoms with E-state index < -0.39 is 6.03 Å². The molecule has 0 unspecified atom stereocenters. The van der Waals surface area contributed by atoms with E-state index in [-0.39, 0.29) is 22.7 Å². The van der Waals surface area contributed by atoms with Crippen molar-refractivity contribution in [2.24, 2.45) is 5.73 Å². The normalized spacial score (nSPS) is 10.4. The number of nitrogens with zero attached hydrogens (tertiary/aromatic N) is 1. The third-order valence-electron chi connectivity index (χ3n) is 4.15. The maximum absolute atomic E-state index is 11.0. The van der Waals surface area contributed by atoms with E-state index in [0.717, 1.165) is 43.7 Å². The molecule has 7 heteroatoms. The first kappa shape index (κ1) is 21.8. The Morgan fingerprint density at radius 2 is 1.77 bits per heavy atom. The van der Waals surface area contributed by atoms with Crippen LogP contribution in [0, 0.1) is 0 Å². The van der Waals surface area contributed by atoms with Crippen molar-refractivity contribution in [3.63, 3.8) is 0 Å². The second kappa shape index (κ2) is 10.7. The van der Waals surface area contributed by atoms with Crippen molar-refractivity contribution in [1.82, 2.24) is 4.90 Å². The molecule has 0 aliphatic carbocycles. The van der Waals surface area contributed by atoms with E-state index in [1.54, 1.807) is 12.1 Å². The molecule has 2 aromatic rings. The second-order valence-corrected chi connectivity index (χ2v) is 6.02. The van der Waals surface area contributed by atoms with Crippen LogP contribution in [-0.2, 0) is 12.8 Å². The number of nitrogen functional groups attached to an aromatic ring is 1. The van der Waals surface area contributed by atoms with Crippen LogP contribution in [0.15, 0.2) is 42.5 Å². The summed E-state index contributed by atoms with van der Waals surface area (Å²) in [5.41, 5.74) is 14.3. The van der Waals surface area contributed by atoms with Crippen molar-refractivity contribution in [3.05, 3.63) is 53.6 Å². The Hall–Kier alpha value is -2.25. The Kier molecular flexibility index (Phi) is 8.95. The zero-order valence-corrected chi connectivity index (χ0v) is 16.7. The molecule has 0 heterocycles. The number of primary amides is 1. The van der Waals surface area contributed by atoms with Gasteiger partial charge >= 0.3 is 6.03 Å². The summed E-state index contributed by atoms with van der Waals surface area (Å²) < 4.78 is 0. The molecule has 2 aromatic carbocycles. The van der Waals surface area contributed by atoms with Crippen molar-refractivity contribution in [2.75, 3.05) is 30.7 Å². The maximum Gasteiger partial charge on any atom is 0.316 e. The number of rotatable bonds is 8. The molecule has 142 valence electrons. The van der Waals surface area contributed by atoms with Gasteiger partial charge in [-0.2, -0.15) is 0 Å². The highest BCUT2D eigenvalue weighted by Crippen LogP contribution is 2.24. The van der Waals surface area contributed by atoms with Crippen LogP contribution in [0.5, 0.6) is 5.75 Å². The number of hydrogen-bond acceptors (Lipinski definition) is 4. The van der Waals surface area contributed by atoms with Crippen molar-refractivity contribution >= 4 is 34.4 Å². The largest absolute Gasteiger partial charge is 0.506 e. The molecule has 26 heavy (non-hydrogen) atoms. The van der Waals surface area contributed by atoms with Gasteiger partial charge in [0, 0.05) is 18.8 Å². The van der Waals surface area contributed by atoms with Crippen LogP contribution in [0.25, 0.3) is 0 Å². The zero-order valence-electron chi connectivity index (χ0n) is 14.9. The van der Waals surface area contributed by atoms with Gasteiger partial charge in [0.2, 0.25) is 0 Å². The van der Waals surface area contributed by atoms with E-state index in [2.05, 4.69) is 23.2 Å². The lowest BCUT2D eigenvalue weighted by atomic mass is 10.1. The first-order chi connectivity index (χ1) is 12.0. The van der Waals surface area contributed by atoms with E-state index in [4.69, 9.17) is 11.5 Å². The average Bonchev–Trinajstić information content (AvgIpc) is 2.57. The minimum atomic E-state index is -0.690. The predicted octanol–water partition coefficient (Wildman–Crippen LogP) is 3.15. The summed E-state index contributed by atoms with van der Waals surface area (Å²) in [4.78, 5) is 13.3. The first-order valence-corrected chi connectivity index (χ1v) is 8.43. The smallest absolute Gasteiger partial charge is 0.316 e. The number of nitrogens with one attached hydrogen (secondary N) is 1. The molecule has 2 rings (SSSR count). The quantitative estimate of drug-likeness (QED) is 0.387. The number of carbonyl (C=O) groups excluding carboxylic acids is 1. The van der Waals surface area contributed by atoms with Crippen molar-refractivity contribution in [1.29, 1.82) is 0 Å². The molecule has 2 amide bonds. The topological polar surface area (TPSA) is 105 Å². The van der Waals surface area contributed by atoms with Crippen LogP contribution in [-0.4, -0.2) is 35.7 Å². The summed E-state index contributed by atoms with van der Waals surface area (Å²) in [5, 5.41) is 12.2. The number of anilines is 2. The summed E-state index contributed by atoms with van der Waals surface area (Å²) in [7, 11) is 0. The summed E-state index contributed by atoms with van der Waals surface area (Å²) >= 11 is 0. The van der Waals surface area contributed by atoms with Crippen LogP contribution in [0.3, 0.4) is 0 Å². The van der Waals surface area contributed by atoms with Gasteiger partial charge in [-0.15, -0.1) is 17.0 Å². The number of phenols is 1. The molecular weight excluding hydrogens is 396 g/mol. The monoisotopic (exact) mass is 422 g/mol. The average molecular weight is 423 g/mol. The molecular formula is C19H27BrN4O2. The molecule has 0 radical (unpaired) electrons. The Morgan fingerprint density at radius 1 is 1.12 bits per heavy atom. The van der Waals surface area contributed by atoms with Gasteiger partial charge in [0.1, 0.15) is 5.75 Å². The lowest BCUT2D eigenvalue weighted by Crippen LogP contribution is -2.28. The molecule has 0 atom stereocenters. The van der Waals surface area contributed by atoms with Crippen molar-refractivity contribution < 1.29 is 9.90 Å². The van der Waals surface area contributed by atoms with Gasteiger partial charge in [0.15, 0.2) is 0 Å².